The zero-order valence-electron chi connectivity index (χ0n) is 12.6. The Morgan fingerprint density at radius 1 is 1.33 bits per heavy atom. The van der Waals surface area contributed by atoms with Gasteiger partial charge in [-0.2, -0.15) is 4.31 Å². The van der Waals surface area contributed by atoms with Gasteiger partial charge in [-0.3, -0.25) is 0 Å². The minimum absolute atomic E-state index is 0.339. The fourth-order valence-electron chi connectivity index (χ4n) is 2.23. The molecular formula is C16H24N2O2S. The largest absolute Gasteiger partial charge is 0.314 e. The number of hydrogen-bond acceptors (Lipinski definition) is 3. The highest BCUT2D eigenvalue weighted by molar-refractivity contribution is 7.89. The molecule has 0 saturated heterocycles. The first-order valence-corrected chi connectivity index (χ1v) is 8.95. The summed E-state index contributed by atoms with van der Waals surface area (Å²) in [7, 11) is -3.41. The number of nitrogens with one attached hydrogen (secondary N) is 1. The number of nitrogens with zero attached hydrogens (tertiary/aromatic N) is 1. The molecule has 1 fully saturated rings. The molecule has 4 nitrogen and oxygen atoms in total. The van der Waals surface area contributed by atoms with Gasteiger partial charge >= 0.3 is 0 Å². The van der Waals surface area contributed by atoms with Gasteiger partial charge in [-0.25, -0.2) is 8.42 Å². The summed E-state index contributed by atoms with van der Waals surface area (Å²) in [6.45, 7) is 7.18. The van der Waals surface area contributed by atoms with E-state index in [1.165, 1.54) is 17.1 Å². The van der Waals surface area contributed by atoms with Crippen molar-refractivity contribution in [3.63, 3.8) is 0 Å². The third kappa shape index (κ3) is 4.40. The summed E-state index contributed by atoms with van der Waals surface area (Å²) in [6.07, 6.45) is 5.11. The summed E-state index contributed by atoms with van der Waals surface area (Å²) in [5.74, 6) is 0. The molecule has 21 heavy (non-hydrogen) atoms. The van der Waals surface area contributed by atoms with Crippen molar-refractivity contribution in [2.75, 3.05) is 19.6 Å². The quantitative estimate of drug-likeness (QED) is 0.711. The lowest BCUT2D eigenvalue weighted by Gasteiger charge is -2.18. The van der Waals surface area contributed by atoms with Crippen molar-refractivity contribution in [1.29, 1.82) is 0 Å². The zero-order chi connectivity index (χ0) is 15.3. The first kappa shape index (κ1) is 16.2. The first-order valence-electron chi connectivity index (χ1n) is 7.51. The van der Waals surface area contributed by atoms with Gasteiger partial charge in [0.05, 0.1) is 4.90 Å². The third-order valence-electron chi connectivity index (χ3n) is 3.67. The molecule has 5 heteroatoms. The van der Waals surface area contributed by atoms with Crippen LogP contribution < -0.4 is 5.32 Å². The number of likely N-dealkylation sites (N-methyl/N-ethyl adjacent to an activating group) is 1. The first-order chi connectivity index (χ1) is 10.1. The summed E-state index contributed by atoms with van der Waals surface area (Å²) in [4.78, 5) is 0.352. The van der Waals surface area contributed by atoms with Crippen LogP contribution in [0, 0.1) is 0 Å². The number of hydrogen-bond donors (Lipinski definition) is 1. The van der Waals surface area contributed by atoms with Crippen molar-refractivity contribution in [2.45, 2.75) is 37.1 Å². The van der Waals surface area contributed by atoms with Gasteiger partial charge < -0.3 is 5.32 Å². The van der Waals surface area contributed by atoms with E-state index in [1.54, 1.807) is 18.2 Å². The summed E-state index contributed by atoms with van der Waals surface area (Å²) in [5.41, 5.74) is 1.16. The van der Waals surface area contributed by atoms with Crippen molar-refractivity contribution in [2.24, 2.45) is 0 Å². The Bertz CT molecular complexity index is 562. The predicted molar refractivity (Wildman–Crippen MR) is 85.8 cm³/mol. The summed E-state index contributed by atoms with van der Waals surface area (Å²) in [5, 5.41) is 3.46. The van der Waals surface area contributed by atoms with Gasteiger partial charge in [-0.05, 0) is 43.5 Å². The second-order valence-electron chi connectivity index (χ2n) is 5.37. The fraction of sp³-hybridized carbons (Fsp3) is 0.500. The van der Waals surface area contributed by atoms with Gasteiger partial charge in [0, 0.05) is 19.1 Å². The molecule has 0 unspecified atom stereocenters. The molecule has 2 rings (SSSR count). The molecular weight excluding hydrogens is 284 g/mol. The SMILES string of the molecule is C=CCN(CC)S(=O)(=O)c1ccc(CCNC2CC2)cc1. The van der Waals surface area contributed by atoms with Crippen LogP contribution >= 0.6 is 0 Å². The Kier molecular flexibility index (Phi) is 5.56. The third-order valence-corrected chi connectivity index (χ3v) is 5.63. The van der Waals surface area contributed by atoms with Crippen molar-refractivity contribution in [3.05, 3.63) is 42.5 Å². The minimum atomic E-state index is -3.41. The summed E-state index contributed by atoms with van der Waals surface area (Å²) in [6, 6.07) is 7.93. The monoisotopic (exact) mass is 308 g/mol. The van der Waals surface area contributed by atoms with E-state index in [-0.39, 0.29) is 0 Å². The number of sulfonamides is 1. The van der Waals surface area contributed by atoms with Crippen LogP contribution in [0.25, 0.3) is 0 Å². The van der Waals surface area contributed by atoms with Crippen LogP contribution in [0.3, 0.4) is 0 Å². The Hall–Kier alpha value is -1.17. The maximum atomic E-state index is 12.4. The molecule has 1 aliphatic rings. The molecule has 0 aliphatic heterocycles. The second-order valence-corrected chi connectivity index (χ2v) is 7.30. The summed E-state index contributed by atoms with van der Waals surface area (Å²) >= 11 is 0. The van der Waals surface area contributed by atoms with E-state index in [1.807, 2.05) is 19.1 Å². The Morgan fingerprint density at radius 2 is 2.00 bits per heavy atom. The molecule has 116 valence electrons. The molecule has 1 N–H and O–H groups in total. The van der Waals surface area contributed by atoms with Crippen LogP contribution in [0.1, 0.15) is 25.3 Å². The van der Waals surface area contributed by atoms with Gasteiger partial charge in [0.2, 0.25) is 10.0 Å². The van der Waals surface area contributed by atoms with Gasteiger partial charge in [0.1, 0.15) is 0 Å². The highest BCUT2D eigenvalue weighted by Gasteiger charge is 2.22. The Morgan fingerprint density at radius 3 is 2.52 bits per heavy atom. The highest BCUT2D eigenvalue weighted by atomic mass is 32.2. The number of benzene rings is 1. The molecule has 0 heterocycles. The van der Waals surface area contributed by atoms with E-state index >= 15 is 0 Å². The molecule has 0 amide bonds. The molecule has 0 atom stereocenters. The molecule has 1 saturated carbocycles. The van der Waals surface area contributed by atoms with E-state index in [2.05, 4.69) is 11.9 Å². The lowest BCUT2D eigenvalue weighted by atomic mass is 10.1. The van der Waals surface area contributed by atoms with Gasteiger partial charge in [0.15, 0.2) is 0 Å². The topological polar surface area (TPSA) is 49.4 Å². The highest BCUT2D eigenvalue weighted by Crippen LogP contribution is 2.19. The van der Waals surface area contributed by atoms with E-state index in [4.69, 9.17) is 0 Å². The molecule has 0 radical (unpaired) electrons. The average Bonchev–Trinajstić information content (AvgIpc) is 3.29. The maximum absolute atomic E-state index is 12.4. The lowest BCUT2D eigenvalue weighted by molar-refractivity contribution is 0.460. The van der Waals surface area contributed by atoms with Gasteiger partial charge in [-0.1, -0.05) is 25.1 Å². The molecule has 0 aromatic heterocycles. The van der Waals surface area contributed by atoms with Crippen molar-refractivity contribution >= 4 is 10.0 Å². The molecule has 0 bridgehead atoms. The molecule has 0 spiro atoms. The van der Waals surface area contributed by atoms with Gasteiger partial charge in [-0.15, -0.1) is 6.58 Å². The smallest absolute Gasteiger partial charge is 0.243 e. The molecule has 1 aliphatic carbocycles. The van der Waals surface area contributed by atoms with Crippen LogP contribution in [0.15, 0.2) is 41.8 Å². The average molecular weight is 308 g/mol. The molecule has 1 aromatic carbocycles. The van der Waals surface area contributed by atoms with E-state index < -0.39 is 10.0 Å². The van der Waals surface area contributed by atoms with Crippen LogP contribution in [0.2, 0.25) is 0 Å². The normalized spacial score (nSPS) is 15.3. The Labute approximate surface area is 127 Å². The van der Waals surface area contributed by atoms with Gasteiger partial charge in [0.25, 0.3) is 0 Å². The minimum Gasteiger partial charge on any atom is -0.314 e. The lowest BCUT2D eigenvalue weighted by Crippen LogP contribution is -2.31. The molecule has 1 aromatic rings. The van der Waals surface area contributed by atoms with Crippen LogP contribution in [-0.2, 0) is 16.4 Å². The number of rotatable bonds is 9. The van der Waals surface area contributed by atoms with Crippen molar-refractivity contribution in [3.8, 4) is 0 Å². The fourth-order valence-corrected chi connectivity index (χ4v) is 3.65. The van der Waals surface area contributed by atoms with Crippen molar-refractivity contribution < 1.29 is 8.42 Å². The predicted octanol–water partition coefficient (Wildman–Crippen LogP) is 2.18. The van der Waals surface area contributed by atoms with Crippen LogP contribution in [0.5, 0.6) is 0 Å². The summed E-state index contributed by atoms with van der Waals surface area (Å²) < 4.78 is 26.3. The van der Waals surface area contributed by atoms with E-state index in [0.29, 0.717) is 24.0 Å². The van der Waals surface area contributed by atoms with Crippen molar-refractivity contribution in [1.82, 2.24) is 9.62 Å². The zero-order valence-corrected chi connectivity index (χ0v) is 13.4. The standard InChI is InChI=1S/C16H24N2O2S/c1-3-13-18(4-2)21(19,20)16-9-5-14(6-10-16)11-12-17-15-7-8-15/h3,5-6,9-10,15,17H,1,4,7-8,11-13H2,2H3. The van der Waals surface area contributed by atoms with E-state index in [9.17, 15) is 8.42 Å². The van der Waals surface area contributed by atoms with Crippen LogP contribution in [0.4, 0.5) is 0 Å². The second kappa shape index (κ2) is 7.20. The van der Waals surface area contributed by atoms with Crippen LogP contribution in [-0.4, -0.2) is 38.4 Å². The van der Waals surface area contributed by atoms with E-state index in [0.717, 1.165) is 18.5 Å². The maximum Gasteiger partial charge on any atom is 0.243 e. The Balaban J connectivity index is 2.00.